The highest BCUT2D eigenvalue weighted by molar-refractivity contribution is 5.75. The summed E-state index contributed by atoms with van der Waals surface area (Å²) in [6.07, 6.45) is 2.31. The summed E-state index contributed by atoms with van der Waals surface area (Å²) in [6.45, 7) is 5.98. The minimum atomic E-state index is 0.131. The fourth-order valence-corrected chi connectivity index (χ4v) is 1.12. The van der Waals surface area contributed by atoms with Gasteiger partial charge in [-0.1, -0.05) is 6.92 Å². The Hall–Kier alpha value is -0.610. The van der Waals surface area contributed by atoms with Gasteiger partial charge in [0.25, 0.3) is 0 Å². The predicted octanol–water partition coefficient (Wildman–Crippen LogP) is 0.999. The Morgan fingerprint density at radius 3 is 2.67 bits per heavy atom. The Kier molecular flexibility index (Phi) is 8.33. The normalized spacial score (nSPS) is 12.5. The Morgan fingerprint density at radius 1 is 1.47 bits per heavy atom. The van der Waals surface area contributed by atoms with Crippen molar-refractivity contribution in [3.05, 3.63) is 0 Å². The summed E-state index contributed by atoms with van der Waals surface area (Å²) in [5, 5.41) is 0. The highest BCUT2D eigenvalue weighted by Gasteiger charge is 2.08. The highest BCUT2D eigenvalue weighted by atomic mass is 16.5. The van der Waals surface area contributed by atoms with Crippen LogP contribution in [0.3, 0.4) is 0 Å². The van der Waals surface area contributed by atoms with Crippen molar-refractivity contribution in [2.45, 2.75) is 39.2 Å². The van der Waals surface area contributed by atoms with E-state index >= 15 is 0 Å². The lowest BCUT2D eigenvalue weighted by Gasteiger charge is -2.18. The van der Waals surface area contributed by atoms with Gasteiger partial charge in [0.15, 0.2) is 0 Å². The van der Waals surface area contributed by atoms with Crippen molar-refractivity contribution < 1.29 is 9.53 Å². The lowest BCUT2D eigenvalue weighted by atomic mass is 10.2. The maximum atomic E-state index is 11.5. The van der Waals surface area contributed by atoms with Crippen molar-refractivity contribution in [2.24, 2.45) is 5.73 Å². The topological polar surface area (TPSA) is 55.6 Å². The summed E-state index contributed by atoms with van der Waals surface area (Å²) in [4.78, 5) is 13.2. The lowest BCUT2D eigenvalue weighted by molar-refractivity contribution is -0.131. The number of nitrogens with zero attached hydrogens (tertiary/aromatic N) is 1. The van der Waals surface area contributed by atoms with Gasteiger partial charge in [0.1, 0.15) is 0 Å². The summed E-state index contributed by atoms with van der Waals surface area (Å²) in [5.41, 5.74) is 5.62. The van der Waals surface area contributed by atoms with Crippen molar-refractivity contribution in [3.8, 4) is 0 Å². The Bertz CT molecular complexity index is 172. The van der Waals surface area contributed by atoms with Crippen molar-refractivity contribution in [1.82, 2.24) is 4.90 Å². The first-order valence-electron chi connectivity index (χ1n) is 5.65. The number of hydrogen-bond acceptors (Lipinski definition) is 3. The smallest absolute Gasteiger partial charge is 0.224 e. The average molecular weight is 216 g/mol. The van der Waals surface area contributed by atoms with Crippen LogP contribution in [0.25, 0.3) is 0 Å². The Morgan fingerprint density at radius 2 is 2.13 bits per heavy atom. The second kappa shape index (κ2) is 8.68. The average Bonchev–Trinajstić information content (AvgIpc) is 2.20. The monoisotopic (exact) mass is 216 g/mol. The van der Waals surface area contributed by atoms with Gasteiger partial charge in [-0.15, -0.1) is 0 Å². The molecule has 0 spiro atoms. The van der Waals surface area contributed by atoms with E-state index in [0.717, 1.165) is 26.0 Å². The van der Waals surface area contributed by atoms with Crippen molar-refractivity contribution in [1.29, 1.82) is 0 Å². The van der Waals surface area contributed by atoms with E-state index in [4.69, 9.17) is 10.5 Å². The number of hydrogen-bond donors (Lipinski definition) is 1. The summed E-state index contributed by atoms with van der Waals surface area (Å²) in [5.74, 6) is 0.131. The molecule has 0 aromatic heterocycles. The van der Waals surface area contributed by atoms with Crippen LogP contribution in [0.2, 0.25) is 0 Å². The number of rotatable bonds is 8. The van der Waals surface area contributed by atoms with Crippen LogP contribution in [0.4, 0.5) is 0 Å². The largest absolute Gasteiger partial charge is 0.381 e. The molecule has 1 amide bonds. The molecule has 0 radical (unpaired) electrons. The zero-order valence-electron chi connectivity index (χ0n) is 10.2. The quantitative estimate of drug-likeness (QED) is 0.616. The van der Waals surface area contributed by atoms with Gasteiger partial charge in [0.05, 0.1) is 13.0 Å². The van der Waals surface area contributed by atoms with Gasteiger partial charge in [0.2, 0.25) is 5.91 Å². The highest BCUT2D eigenvalue weighted by Crippen LogP contribution is 1.96. The number of carbonyl (C=O) groups excluding carboxylic acids is 1. The summed E-state index contributed by atoms with van der Waals surface area (Å²) >= 11 is 0. The standard InChI is InChI=1S/C11H24N2O2/c1-4-8-15-9-6-11(14)13(3)7-5-10(2)12/h10H,4-9,12H2,1-3H3. The van der Waals surface area contributed by atoms with E-state index in [1.54, 1.807) is 4.90 Å². The van der Waals surface area contributed by atoms with Crippen LogP contribution in [-0.4, -0.2) is 43.7 Å². The van der Waals surface area contributed by atoms with Crippen LogP contribution in [0, 0.1) is 0 Å². The van der Waals surface area contributed by atoms with Crippen LogP contribution < -0.4 is 5.73 Å². The predicted molar refractivity (Wildman–Crippen MR) is 61.6 cm³/mol. The van der Waals surface area contributed by atoms with Gasteiger partial charge in [-0.3, -0.25) is 4.79 Å². The second-order valence-corrected chi connectivity index (χ2v) is 3.94. The molecule has 0 rings (SSSR count). The SMILES string of the molecule is CCCOCCC(=O)N(C)CCC(C)N. The van der Waals surface area contributed by atoms with Gasteiger partial charge in [-0.25, -0.2) is 0 Å². The Labute approximate surface area is 92.8 Å². The first kappa shape index (κ1) is 14.4. The van der Waals surface area contributed by atoms with Crippen molar-refractivity contribution in [2.75, 3.05) is 26.8 Å². The Balaban J connectivity index is 3.51. The van der Waals surface area contributed by atoms with E-state index in [9.17, 15) is 4.79 Å². The molecular formula is C11H24N2O2. The molecule has 0 heterocycles. The molecule has 15 heavy (non-hydrogen) atoms. The number of ether oxygens (including phenoxy) is 1. The first-order valence-corrected chi connectivity index (χ1v) is 5.65. The van der Waals surface area contributed by atoms with Gasteiger partial charge in [0, 0.05) is 26.2 Å². The van der Waals surface area contributed by atoms with E-state index < -0.39 is 0 Å². The molecule has 0 aliphatic heterocycles. The van der Waals surface area contributed by atoms with Crippen molar-refractivity contribution >= 4 is 5.91 Å². The third-order valence-corrected chi connectivity index (χ3v) is 2.15. The second-order valence-electron chi connectivity index (χ2n) is 3.94. The third kappa shape index (κ3) is 8.39. The van der Waals surface area contributed by atoms with Crippen LogP contribution in [0.5, 0.6) is 0 Å². The molecule has 0 aliphatic rings. The molecule has 0 fully saturated rings. The molecular weight excluding hydrogens is 192 g/mol. The summed E-state index contributed by atoms with van der Waals surface area (Å²) < 4.78 is 5.26. The van der Waals surface area contributed by atoms with Gasteiger partial charge in [-0.2, -0.15) is 0 Å². The molecule has 1 unspecified atom stereocenters. The molecule has 0 bridgehead atoms. The minimum absolute atomic E-state index is 0.131. The van der Waals surface area contributed by atoms with Gasteiger partial charge >= 0.3 is 0 Å². The molecule has 90 valence electrons. The van der Waals surface area contributed by atoms with Gasteiger partial charge in [-0.05, 0) is 19.8 Å². The molecule has 0 saturated carbocycles. The van der Waals surface area contributed by atoms with E-state index in [-0.39, 0.29) is 11.9 Å². The van der Waals surface area contributed by atoms with E-state index in [1.165, 1.54) is 0 Å². The molecule has 2 N–H and O–H groups in total. The van der Waals surface area contributed by atoms with Crippen LogP contribution in [-0.2, 0) is 9.53 Å². The zero-order valence-corrected chi connectivity index (χ0v) is 10.2. The van der Waals surface area contributed by atoms with E-state index in [1.807, 2.05) is 14.0 Å². The number of amides is 1. The third-order valence-electron chi connectivity index (χ3n) is 2.15. The summed E-state index contributed by atoms with van der Waals surface area (Å²) in [7, 11) is 1.81. The number of nitrogens with two attached hydrogens (primary N) is 1. The first-order chi connectivity index (χ1) is 7.07. The fourth-order valence-electron chi connectivity index (χ4n) is 1.12. The number of carbonyl (C=O) groups is 1. The molecule has 0 aliphatic carbocycles. The maximum absolute atomic E-state index is 11.5. The molecule has 0 aromatic rings. The molecule has 4 heteroatoms. The fraction of sp³-hybridized carbons (Fsp3) is 0.909. The zero-order chi connectivity index (χ0) is 11.7. The maximum Gasteiger partial charge on any atom is 0.224 e. The van der Waals surface area contributed by atoms with Crippen molar-refractivity contribution in [3.63, 3.8) is 0 Å². The van der Waals surface area contributed by atoms with E-state index in [2.05, 4.69) is 6.92 Å². The lowest BCUT2D eigenvalue weighted by Crippen LogP contribution is -2.31. The van der Waals surface area contributed by atoms with Crippen LogP contribution in [0.1, 0.15) is 33.1 Å². The molecule has 1 atom stereocenters. The van der Waals surface area contributed by atoms with Crippen LogP contribution in [0.15, 0.2) is 0 Å². The molecule has 4 nitrogen and oxygen atoms in total. The summed E-state index contributed by atoms with van der Waals surface area (Å²) in [6, 6.07) is 0.150. The molecule has 0 aromatic carbocycles. The van der Waals surface area contributed by atoms with E-state index in [0.29, 0.717) is 13.0 Å². The van der Waals surface area contributed by atoms with Crippen LogP contribution >= 0.6 is 0 Å². The molecule has 0 saturated heterocycles. The van der Waals surface area contributed by atoms with Gasteiger partial charge < -0.3 is 15.4 Å². The minimum Gasteiger partial charge on any atom is -0.381 e.